The Morgan fingerprint density at radius 2 is 1.69 bits per heavy atom. The minimum absolute atomic E-state index is 0.839. The van der Waals surface area contributed by atoms with Crippen LogP contribution in [0, 0.1) is 0 Å². The van der Waals surface area contributed by atoms with Gasteiger partial charge in [-0.15, -0.1) is 0 Å². The van der Waals surface area contributed by atoms with Crippen molar-refractivity contribution in [3.05, 3.63) is 48.3 Å². The third-order valence-electron chi connectivity index (χ3n) is 1.43. The van der Waals surface area contributed by atoms with Gasteiger partial charge < -0.3 is 9.84 Å². The maximum atomic E-state index is 7.00. The maximum Gasteiger partial charge on any atom is 0.125 e. The fourth-order valence-electron chi connectivity index (χ4n) is 0.889. The Morgan fingerprint density at radius 1 is 1.19 bits per heavy atom. The molecule has 0 amide bonds. The van der Waals surface area contributed by atoms with Crippen LogP contribution < -0.4 is 0 Å². The largest absolute Gasteiger partial charge is 0.496 e. The Balaban J connectivity index is -0.000000376. The minimum atomic E-state index is 0.839. The number of ether oxygens (including phenoxy) is 1. The highest BCUT2D eigenvalue weighted by atomic mass is 16.5. The smallest absolute Gasteiger partial charge is 0.125 e. The number of methoxy groups -OCH3 is 1. The summed E-state index contributed by atoms with van der Waals surface area (Å²) in [6.07, 6.45) is 9.53. The van der Waals surface area contributed by atoms with Crippen molar-refractivity contribution < 1.29 is 9.84 Å². The molecule has 2 nitrogen and oxygen atoms in total. The molecule has 0 aromatic rings. The van der Waals surface area contributed by atoms with E-state index in [-0.39, 0.29) is 0 Å². The number of hydrogen-bond acceptors (Lipinski definition) is 2. The predicted octanol–water partition coefficient (Wildman–Crippen LogP) is 3.86. The first-order valence-electron chi connectivity index (χ1n) is 5.41. The molecule has 94 valence electrons. The highest BCUT2D eigenvalue weighted by molar-refractivity contribution is 5.36. The molecular weight excluding hydrogens is 200 g/mol. The molecule has 0 fully saturated rings. The molecule has 0 aliphatic rings. The van der Waals surface area contributed by atoms with Crippen LogP contribution in [0.3, 0.4) is 0 Å². The van der Waals surface area contributed by atoms with Crippen LogP contribution >= 0.6 is 0 Å². The van der Waals surface area contributed by atoms with E-state index in [0.717, 1.165) is 18.4 Å². The number of hydrogen-bond donors (Lipinski definition) is 1. The first-order chi connectivity index (χ1) is 7.79. The van der Waals surface area contributed by atoms with Gasteiger partial charge in [-0.1, -0.05) is 44.7 Å². The van der Waals surface area contributed by atoms with E-state index in [1.807, 2.05) is 52.0 Å². The van der Waals surface area contributed by atoms with Gasteiger partial charge in [0.25, 0.3) is 0 Å². The van der Waals surface area contributed by atoms with E-state index in [1.165, 1.54) is 0 Å². The van der Waals surface area contributed by atoms with Crippen molar-refractivity contribution in [2.45, 2.75) is 27.7 Å². The number of aliphatic hydroxyl groups excluding tert-OH is 1. The number of rotatable bonds is 4. The Morgan fingerprint density at radius 3 is 1.94 bits per heavy atom. The lowest BCUT2D eigenvalue weighted by Crippen LogP contribution is -1.88. The maximum absolute atomic E-state index is 7.00. The second-order valence-corrected chi connectivity index (χ2v) is 2.21. The van der Waals surface area contributed by atoms with E-state index < -0.39 is 0 Å². The molecule has 1 N–H and O–H groups in total. The zero-order valence-corrected chi connectivity index (χ0v) is 11.4. The topological polar surface area (TPSA) is 29.5 Å². The van der Waals surface area contributed by atoms with Crippen molar-refractivity contribution in [2.75, 3.05) is 14.2 Å². The molecule has 0 heterocycles. The first kappa shape index (κ1) is 20.2. The summed E-state index contributed by atoms with van der Waals surface area (Å²) in [5.41, 5.74) is 1.07. The third kappa shape index (κ3) is 10.8. The molecule has 0 saturated carbocycles. The van der Waals surface area contributed by atoms with E-state index in [1.54, 1.807) is 13.2 Å². The van der Waals surface area contributed by atoms with Crippen molar-refractivity contribution in [1.82, 2.24) is 0 Å². The summed E-state index contributed by atoms with van der Waals surface area (Å²) in [6, 6.07) is 0. The van der Waals surface area contributed by atoms with Crippen molar-refractivity contribution in [3.8, 4) is 0 Å². The van der Waals surface area contributed by atoms with Crippen LogP contribution in [0.4, 0.5) is 0 Å². The fraction of sp³-hybridized carbons (Fsp3) is 0.429. The van der Waals surface area contributed by atoms with Crippen LogP contribution in [0.5, 0.6) is 0 Å². The van der Waals surface area contributed by atoms with Gasteiger partial charge in [-0.05, 0) is 19.9 Å². The molecule has 0 saturated heterocycles. The lowest BCUT2D eigenvalue weighted by atomic mass is 10.2. The van der Waals surface area contributed by atoms with E-state index in [2.05, 4.69) is 6.58 Å². The first-order valence-corrected chi connectivity index (χ1v) is 5.41. The van der Waals surface area contributed by atoms with Gasteiger partial charge in [0.05, 0.1) is 7.11 Å². The molecule has 0 radical (unpaired) electrons. The molecule has 0 atom stereocenters. The van der Waals surface area contributed by atoms with Gasteiger partial charge in [-0.3, -0.25) is 0 Å². The summed E-state index contributed by atoms with van der Waals surface area (Å²) in [7, 11) is 2.66. The zero-order valence-electron chi connectivity index (χ0n) is 11.4. The molecule has 0 aromatic carbocycles. The SMILES string of the molecule is C=C\C=C(OC)/C(/C=C\C)=C\C.CC.CO. The van der Waals surface area contributed by atoms with Crippen LogP contribution in [0.1, 0.15) is 27.7 Å². The predicted molar refractivity (Wildman–Crippen MR) is 73.4 cm³/mol. The molecule has 0 unspecified atom stereocenters. The van der Waals surface area contributed by atoms with E-state index in [4.69, 9.17) is 9.84 Å². The quantitative estimate of drug-likeness (QED) is 0.582. The molecular formula is C14H26O2. The Labute approximate surface area is 101 Å². The highest BCUT2D eigenvalue weighted by Crippen LogP contribution is 2.11. The number of aliphatic hydroxyl groups is 1. The molecule has 0 aromatic heterocycles. The normalized spacial score (nSPS) is 10.9. The Hall–Kier alpha value is -1.28. The van der Waals surface area contributed by atoms with Gasteiger partial charge in [-0.25, -0.2) is 0 Å². The molecule has 16 heavy (non-hydrogen) atoms. The summed E-state index contributed by atoms with van der Waals surface area (Å²) in [5.74, 6) is 0.839. The van der Waals surface area contributed by atoms with E-state index in [0.29, 0.717) is 0 Å². The van der Waals surface area contributed by atoms with E-state index >= 15 is 0 Å². The summed E-state index contributed by atoms with van der Waals surface area (Å²) in [4.78, 5) is 0. The summed E-state index contributed by atoms with van der Waals surface area (Å²) < 4.78 is 5.17. The molecule has 0 spiro atoms. The van der Waals surface area contributed by atoms with Gasteiger partial charge >= 0.3 is 0 Å². The Bertz CT molecular complexity index is 223. The average Bonchev–Trinajstić information content (AvgIpc) is 2.38. The van der Waals surface area contributed by atoms with E-state index in [9.17, 15) is 0 Å². The van der Waals surface area contributed by atoms with Crippen molar-refractivity contribution >= 4 is 0 Å². The number of allylic oxidation sites excluding steroid dienone is 5. The van der Waals surface area contributed by atoms with Crippen LogP contribution in [-0.2, 0) is 4.74 Å². The van der Waals surface area contributed by atoms with Gasteiger partial charge in [0, 0.05) is 12.7 Å². The third-order valence-corrected chi connectivity index (χ3v) is 1.43. The molecule has 0 aliphatic carbocycles. The molecule has 0 bridgehead atoms. The lowest BCUT2D eigenvalue weighted by Gasteiger charge is -2.05. The zero-order chi connectivity index (χ0) is 13.4. The summed E-state index contributed by atoms with van der Waals surface area (Å²) >= 11 is 0. The van der Waals surface area contributed by atoms with Crippen LogP contribution in [0.2, 0.25) is 0 Å². The standard InChI is InChI=1S/C11H16O.C2H6.CH4O/c1-5-8-10(7-3)11(12-4)9-6-2;2*1-2/h5-9H,2H2,1,3-4H3;1-2H3;2H,1H3/b8-5-,10-7-,11-9+;;. The second kappa shape index (κ2) is 19.3. The second-order valence-electron chi connectivity index (χ2n) is 2.21. The van der Waals surface area contributed by atoms with Gasteiger partial charge in [-0.2, -0.15) is 0 Å². The monoisotopic (exact) mass is 226 g/mol. The van der Waals surface area contributed by atoms with Crippen LogP contribution in [0.15, 0.2) is 48.3 Å². The van der Waals surface area contributed by atoms with Gasteiger partial charge in [0.2, 0.25) is 0 Å². The molecule has 0 rings (SSSR count). The molecule has 0 aliphatic heterocycles. The summed E-state index contributed by atoms with van der Waals surface area (Å²) in [6.45, 7) is 11.6. The summed E-state index contributed by atoms with van der Waals surface area (Å²) in [5, 5.41) is 7.00. The van der Waals surface area contributed by atoms with Crippen LogP contribution in [-0.4, -0.2) is 19.3 Å². The van der Waals surface area contributed by atoms with Crippen molar-refractivity contribution in [1.29, 1.82) is 0 Å². The van der Waals surface area contributed by atoms with Crippen molar-refractivity contribution in [3.63, 3.8) is 0 Å². The average molecular weight is 226 g/mol. The van der Waals surface area contributed by atoms with Crippen LogP contribution in [0.25, 0.3) is 0 Å². The fourth-order valence-corrected chi connectivity index (χ4v) is 0.889. The minimum Gasteiger partial charge on any atom is -0.496 e. The van der Waals surface area contributed by atoms with Gasteiger partial charge in [0.1, 0.15) is 5.76 Å². The van der Waals surface area contributed by atoms with Crippen molar-refractivity contribution in [2.24, 2.45) is 0 Å². The van der Waals surface area contributed by atoms with Gasteiger partial charge in [0.15, 0.2) is 0 Å². The highest BCUT2D eigenvalue weighted by Gasteiger charge is 1.97. The molecule has 2 heteroatoms. The Kier molecular flexibility index (Phi) is 24.4. The lowest BCUT2D eigenvalue weighted by molar-refractivity contribution is 0.302.